The fourth-order valence-corrected chi connectivity index (χ4v) is 1.84. The molecule has 2 amide bonds. The van der Waals surface area contributed by atoms with Gasteiger partial charge in [-0.2, -0.15) is 0 Å². The van der Waals surface area contributed by atoms with E-state index in [1.807, 2.05) is 0 Å². The van der Waals surface area contributed by atoms with Crippen LogP contribution in [0.25, 0.3) is 0 Å². The number of carboxylic acids is 1. The lowest BCUT2D eigenvalue weighted by molar-refractivity contribution is -0.137. The average molecular weight is 271 g/mol. The van der Waals surface area contributed by atoms with Crippen LogP contribution < -0.4 is 16.4 Å². The standard InChI is InChI=1S/C10H13N3O4S/c11-9(6-2-1-3-18-6)10(17)13-4-7(14)12-5-8(15)16/h1-3,9H,4-5,11H2,(H,12,14)(H,13,17)(H,15,16). The lowest BCUT2D eigenvalue weighted by Crippen LogP contribution is -2.42. The smallest absolute Gasteiger partial charge is 0.322 e. The highest BCUT2D eigenvalue weighted by Crippen LogP contribution is 2.16. The van der Waals surface area contributed by atoms with Crippen molar-refractivity contribution < 1.29 is 19.5 Å². The van der Waals surface area contributed by atoms with E-state index in [0.717, 1.165) is 0 Å². The van der Waals surface area contributed by atoms with Gasteiger partial charge in [0.1, 0.15) is 12.6 Å². The van der Waals surface area contributed by atoms with Gasteiger partial charge in [0.15, 0.2) is 0 Å². The third-order valence-corrected chi connectivity index (χ3v) is 2.95. The van der Waals surface area contributed by atoms with Crippen LogP contribution in [0.3, 0.4) is 0 Å². The third kappa shape index (κ3) is 4.52. The Morgan fingerprint density at radius 2 is 2.06 bits per heavy atom. The fourth-order valence-electron chi connectivity index (χ4n) is 1.11. The summed E-state index contributed by atoms with van der Waals surface area (Å²) in [6.07, 6.45) is 0. The Morgan fingerprint density at radius 1 is 1.33 bits per heavy atom. The first-order chi connectivity index (χ1) is 8.50. The van der Waals surface area contributed by atoms with Gasteiger partial charge in [-0.25, -0.2) is 0 Å². The normalized spacial score (nSPS) is 11.6. The van der Waals surface area contributed by atoms with Crippen molar-refractivity contribution in [3.63, 3.8) is 0 Å². The van der Waals surface area contributed by atoms with Crippen molar-refractivity contribution in [2.24, 2.45) is 5.73 Å². The van der Waals surface area contributed by atoms with Gasteiger partial charge in [0.25, 0.3) is 0 Å². The number of carboxylic acid groups (broad SMARTS) is 1. The summed E-state index contributed by atoms with van der Waals surface area (Å²) in [4.78, 5) is 33.6. The Labute approximate surface area is 107 Å². The molecule has 98 valence electrons. The molecule has 1 rings (SSSR count). The zero-order valence-electron chi connectivity index (χ0n) is 9.38. The summed E-state index contributed by atoms with van der Waals surface area (Å²) in [6, 6.07) is 2.67. The molecule has 18 heavy (non-hydrogen) atoms. The minimum Gasteiger partial charge on any atom is -0.480 e. The summed E-state index contributed by atoms with van der Waals surface area (Å²) in [7, 11) is 0. The van der Waals surface area contributed by atoms with Crippen molar-refractivity contribution in [3.8, 4) is 0 Å². The molecule has 1 heterocycles. The molecule has 0 saturated carbocycles. The zero-order valence-corrected chi connectivity index (χ0v) is 10.2. The van der Waals surface area contributed by atoms with E-state index in [1.54, 1.807) is 17.5 Å². The first-order valence-corrected chi connectivity index (χ1v) is 5.94. The van der Waals surface area contributed by atoms with E-state index in [1.165, 1.54) is 11.3 Å². The number of carbonyl (C=O) groups is 3. The number of hydrogen-bond acceptors (Lipinski definition) is 5. The SMILES string of the molecule is NC(C(=O)NCC(=O)NCC(=O)O)c1cccs1. The Morgan fingerprint density at radius 3 is 2.61 bits per heavy atom. The van der Waals surface area contributed by atoms with Gasteiger partial charge in [0, 0.05) is 4.88 Å². The summed E-state index contributed by atoms with van der Waals surface area (Å²) in [5.74, 6) is -2.21. The van der Waals surface area contributed by atoms with Crippen molar-refractivity contribution in [2.45, 2.75) is 6.04 Å². The average Bonchev–Trinajstić information content (AvgIpc) is 2.86. The van der Waals surface area contributed by atoms with E-state index in [0.29, 0.717) is 4.88 Å². The number of nitrogens with one attached hydrogen (secondary N) is 2. The minimum atomic E-state index is -1.15. The molecule has 0 bridgehead atoms. The van der Waals surface area contributed by atoms with Gasteiger partial charge in [0.2, 0.25) is 11.8 Å². The molecular formula is C10H13N3O4S. The Hall–Kier alpha value is -1.93. The Kier molecular flexibility index (Phi) is 5.28. The second-order valence-electron chi connectivity index (χ2n) is 3.38. The number of amides is 2. The largest absolute Gasteiger partial charge is 0.480 e. The van der Waals surface area contributed by atoms with Crippen LogP contribution >= 0.6 is 11.3 Å². The summed E-state index contributed by atoms with van der Waals surface area (Å²) in [5.41, 5.74) is 5.66. The first kappa shape index (κ1) is 14.1. The van der Waals surface area contributed by atoms with Crippen molar-refractivity contribution >= 4 is 29.1 Å². The molecule has 1 aromatic heterocycles. The van der Waals surface area contributed by atoms with Crippen molar-refractivity contribution in [3.05, 3.63) is 22.4 Å². The van der Waals surface area contributed by atoms with Crippen LogP contribution in [-0.2, 0) is 14.4 Å². The molecule has 0 aliphatic rings. The first-order valence-electron chi connectivity index (χ1n) is 5.06. The van der Waals surface area contributed by atoms with E-state index in [2.05, 4.69) is 10.6 Å². The molecule has 0 radical (unpaired) electrons. The fraction of sp³-hybridized carbons (Fsp3) is 0.300. The zero-order chi connectivity index (χ0) is 13.5. The van der Waals surface area contributed by atoms with E-state index >= 15 is 0 Å². The summed E-state index contributed by atoms with van der Waals surface area (Å²) >= 11 is 1.34. The highest BCUT2D eigenvalue weighted by molar-refractivity contribution is 7.10. The molecule has 1 unspecified atom stereocenters. The third-order valence-electron chi connectivity index (χ3n) is 1.99. The maximum atomic E-state index is 11.6. The number of aliphatic carboxylic acids is 1. The maximum Gasteiger partial charge on any atom is 0.322 e. The van der Waals surface area contributed by atoms with Crippen molar-refractivity contribution in [1.82, 2.24) is 10.6 Å². The van der Waals surface area contributed by atoms with Crippen molar-refractivity contribution in [1.29, 1.82) is 0 Å². The Balaban J connectivity index is 2.33. The minimum absolute atomic E-state index is 0.300. The van der Waals surface area contributed by atoms with Crippen LogP contribution in [0.1, 0.15) is 10.9 Å². The number of rotatable bonds is 6. The van der Waals surface area contributed by atoms with Gasteiger partial charge in [-0.15, -0.1) is 11.3 Å². The molecule has 0 fully saturated rings. The summed E-state index contributed by atoms with van der Waals surface area (Å²) < 4.78 is 0. The lowest BCUT2D eigenvalue weighted by atomic mass is 10.2. The van der Waals surface area contributed by atoms with Crippen LogP contribution in [0.15, 0.2) is 17.5 Å². The van der Waals surface area contributed by atoms with Gasteiger partial charge in [-0.1, -0.05) is 6.07 Å². The summed E-state index contributed by atoms with van der Waals surface area (Å²) in [5, 5.41) is 14.6. The second kappa shape index (κ2) is 6.72. The van der Waals surface area contributed by atoms with E-state index in [9.17, 15) is 14.4 Å². The van der Waals surface area contributed by atoms with Gasteiger partial charge in [-0.05, 0) is 11.4 Å². The molecule has 0 saturated heterocycles. The van der Waals surface area contributed by atoms with E-state index in [-0.39, 0.29) is 6.54 Å². The number of thiophene rings is 1. The van der Waals surface area contributed by atoms with E-state index in [4.69, 9.17) is 10.8 Å². The highest BCUT2D eigenvalue weighted by atomic mass is 32.1. The monoisotopic (exact) mass is 271 g/mol. The molecule has 8 heteroatoms. The Bertz CT molecular complexity index is 432. The van der Waals surface area contributed by atoms with Crippen LogP contribution in [0.2, 0.25) is 0 Å². The molecule has 7 nitrogen and oxygen atoms in total. The molecular weight excluding hydrogens is 258 g/mol. The molecule has 5 N–H and O–H groups in total. The highest BCUT2D eigenvalue weighted by Gasteiger charge is 2.17. The molecule has 0 aliphatic heterocycles. The maximum absolute atomic E-state index is 11.6. The van der Waals surface area contributed by atoms with Crippen molar-refractivity contribution in [2.75, 3.05) is 13.1 Å². The molecule has 1 atom stereocenters. The number of hydrogen-bond donors (Lipinski definition) is 4. The molecule has 0 aliphatic carbocycles. The van der Waals surface area contributed by atoms with Gasteiger partial charge in [0.05, 0.1) is 6.54 Å². The number of nitrogens with two attached hydrogens (primary N) is 1. The van der Waals surface area contributed by atoms with Crippen LogP contribution in [0.5, 0.6) is 0 Å². The topological polar surface area (TPSA) is 122 Å². The predicted octanol–water partition coefficient (Wildman–Crippen LogP) is -0.935. The second-order valence-corrected chi connectivity index (χ2v) is 4.36. The van der Waals surface area contributed by atoms with Gasteiger partial charge >= 0.3 is 5.97 Å². The predicted molar refractivity (Wildman–Crippen MR) is 64.9 cm³/mol. The van der Waals surface area contributed by atoms with Gasteiger partial charge < -0.3 is 21.5 Å². The quantitative estimate of drug-likeness (QED) is 0.532. The number of carbonyl (C=O) groups excluding carboxylic acids is 2. The van der Waals surface area contributed by atoms with Crippen LogP contribution in [0.4, 0.5) is 0 Å². The van der Waals surface area contributed by atoms with Gasteiger partial charge in [-0.3, -0.25) is 14.4 Å². The molecule has 1 aromatic rings. The van der Waals surface area contributed by atoms with E-state index < -0.39 is 30.4 Å². The molecule has 0 spiro atoms. The van der Waals surface area contributed by atoms with Crippen LogP contribution in [-0.4, -0.2) is 36.0 Å². The van der Waals surface area contributed by atoms with Crippen LogP contribution in [0, 0.1) is 0 Å². The summed E-state index contributed by atoms with van der Waals surface area (Å²) in [6.45, 7) is -0.781. The lowest BCUT2D eigenvalue weighted by Gasteiger charge is -2.10. The molecule has 0 aromatic carbocycles.